The van der Waals surface area contributed by atoms with Gasteiger partial charge in [0.15, 0.2) is 0 Å². The van der Waals surface area contributed by atoms with Crippen molar-refractivity contribution < 1.29 is 19.1 Å². The van der Waals surface area contributed by atoms with Gasteiger partial charge in [0.2, 0.25) is 5.91 Å². The van der Waals surface area contributed by atoms with Crippen molar-refractivity contribution in [3.05, 3.63) is 70.2 Å². The molecule has 2 aromatic carbocycles. The van der Waals surface area contributed by atoms with Crippen LogP contribution in [-0.4, -0.2) is 65.0 Å². The number of hydrogen-bond donors (Lipinski definition) is 1. The molecular weight excluding hydrogens is 466 g/mol. The number of carbonyl (C=O) groups is 3. The maximum atomic E-state index is 13.9. The minimum Gasteiger partial charge on any atom is -0.353 e. The van der Waals surface area contributed by atoms with E-state index in [4.69, 9.17) is 16.3 Å². The molecule has 8 heteroatoms. The van der Waals surface area contributed by atoms with Crippen molar-refractivity contribution in [3.63, 3.8) is 0 Å². The van der Waals surface area contributed by atoms with Crippen LogP contribution in [0.5, 0.6) is 0 Å². The maximum Gasteiger partial charge on any atom is 0.257 e. The summed E-state index contributed by atoms with van der Waals surface area (Å²) in [5, 5.41) is 3.58. The molecule has 7 nitrogen and oxygen atoms in total. The van der Waals surface area contributed by atoms with Gasteiger partial charge in [-0.15, -0.1) is 0 Å². The van der Waals surface area contributed by atoms with E-state index in [9.17, 15) is 14.4 Å². The molecule has 186 valence electrons. The van der Waals surface area contributed by atoms with Gasteiger partial charge < -0.3 is 15.0 Å². The Morgan fingerprint density at radius 2 is 1.74 bits per heavy atom. The number of aryl methyl sites for hydroxylation is 1. The van der Waals surface area contributed by atoms with Crippen molar-refractivity contribution in [1.82, 2.24) is 15.1 Å². The number of carbonyl (C=O) groups excluding carboxylic acids is 3. The van der Waals surface area contributed by atoms with Crippen molar-refractivity contribution in [2.24, 2.45) is 0 Å². The number of likely N-dealkylation sites (tertiary alicyclic amines) is 1. The highest BCUT2D eigenvalue weighted by Crippen LogP contribution is 2.39. The van der Waals surface area contributed by atoms with Gasteiger partial charge in [0.05, 0.1) is 6.61 Å². The number of amides is 3. The predicted molar refractivity (Wildman–Crippen MR) is 134 cm³/mol. The molecule has 0 saturated carbocycles. The lowest BCUT2D eigenvalue weighted by molar-refractivity contribution is -0.128. The van der Waals surface area contributed by atoms with Gasteiger partial charge in [-0.25, -0.2) is 0 Å². The molecule has 2 saturated heterocycles. The van der Waals surface area contributed by atoms with E-state index in [-0.39, 0.29) is 30.4 Å². The third-order valence-corrected chi connectivity index (χ3v) is 7.33. The molecular formula is C27H32ClN3O4. The quantitative estimate of drug-likeness (QED) is 0.676. The summed E-state index contributed by atoms with van der Waals surface area (Å²) in [6.07, 6.45) is 1.64. The topological polar surface area (TPSA) is 79.0 Å². The molecule has 1 N–H and O–H groups in total. The Morgan fingerprint density at radius 1 is 1.09 bits per heavy atom. The molecule has 0 radical (unpaired) electrons. The second kappa shape index (κ2) is 10.4. The monoisotopic (exact) mass is 497 g/mol. The summed E-state index contributed by atoms with van der Waals surface area (Å²) in [6.45, 7) is 6.79. The minimum atomic E-state index is -0.937. The Labute approximate surface area is 211 Å². The van der Waals surface area contributed by atoms with Crippen LogP contribution in [0.4, 0.5) is 0 Å². The Hall–Kier alpha value is -2.90. The zero-order valence-corrected chi connectivity index (χ0v) is 21.2. The highest BCUT2D eigenvalue weighted by atomic mass is 35.5. The van der Waals surface area contributed by atoms with E-state index in [1.165, 1.54) is 0 Å². The number of piperidine rings is 1. The molecule has 2 heterocycles. The fourth-order valence-electron chi connectivity index (χ4n) is 4.78. The van der Waals surface area contributed by atoms with Gasteiger partial charge in [0.1, 0.15) is 11.8 Å². The lowest BCUT2D eigenvalue weighted by Gasteiger charge is -2.44. The van der Waals surface area contributed by atoms with Crippen LogP contribution in [0.3, 0.4) is 0 Å². The zero-order chi connectivity index (χ0) is 25.2. The number of nitrogens with one attached hydrogen (secondary N) is 1. The molecule has 0 bridgehead atoms. The molecule has 2 aromatic rings. The number of ether oxygens (including phenoxy) is 1. The van der Waals surface area contributed by atoms with Crippen LogP contribution in [0.25, 0.3) is 0 Å². The summed E-state index contributed by atoms with van der Waals surface area (Å²) >= 11 is 5.96. The maximum absolute atomic E-state index is 13.9. The zero-order valence-electron chi connectivity index (χ0n) is 20.4. The standard InChI is InChI=1S/C27H32ClN3O4/c1-4-19(3)29-24(32)23-17-35-27(31(23)26(34)22-8-6-5-7-18(22)2)13-15-30(16-14-27)25(33)20-9-11-21(28)12-10-20/h5-12,19,23H,4,13-17H2,1-3H3,(H,29,32). The molecule has 0 aliphatic carbocycles. The summed E-state index contributed by atoms with van der Waals surface area (Å²) in [4.78, 5) is 43.5. The summed E-state index contributed by atoms with van der Waals surface area (Å²) in [5.41, 5.74) is 1.03. The Bertz CT molecular complexity index is 1100. The van der Waals surface area contributed by atoms with Gasteiger partial charge in [-0.3, -0.25) is 19.3 Å². The largest absolute Gasteiger partial charge is 0.353 e. The highest BCUT2D eigenvalue weighted by Gasteiger charge is 2.54. The fraction of sp³-hybridized carbons (Fsp3) is 0.444. The van der Waals surface area contributed by atoms with Gasteiger partial charge >= 0.3 is 0 Å². The molecule has 35 heavy (non-hydrogen) atoms. The number of hydrogen-bond acceptors (Lipinski definition) is 4. The summed E-state index contributed by atoms with van der Waals surface area (Å²) in [7, 11) is 0. The first-order chi connectivity index (χ1) is 16.8. The van der Waals surface area contributed by atoms with Gasteiger partial charge in [-0.2, -0.15) is 0 Å². The molecule has 2 aliphatic heterocycles. The third-order valence-electron chi connectivity index (χ3n) is 7.08. The molecule has 2 atom stereocenters. The van der Waals surface area contributed by atoms with Gasteiger partial charge in [0, 0.05) is 48.1 Å². The average molecular weight is 498 g/mol. The minimum absolute atomic E-state index is 0.00620. The van der Waals surface area contributed by atoms with E-state index in [1.54, 1.807) is 40.1 Å². The first kappa shape index (κ1) is 25.2. The smallest absolute Gasteiger partial charge is 0.257 e. The van der Waals surface area contributed by atoms with Gasteiger partial charge in [-0.05, 0) is 56.2 Å². The summed E-state index contributed by atoms with van der Waals surface area (Å²) < 4.78 is 6.26. The molecule has 2 aliphatic rings. The van der Waals surface area contributed by atoms with E-state index >= 15 is 0 Å². The van der Waals surface area contributed by atoms with Crippen LogP contribution < -0.4 is 5.32 Å². The van der Waals surface area contributed by atoms with Crippen molar-refractivity contribution >= 4 is 29.3 Å². The highest BCUT2D eigenvalue weighted by molar-refractivity contribution is 6.30. The Kier molecular flexibility index (Phi) is 7.47. The molecule has 4 rings (SSSR count). The number of nitrogens with zero attached hydrogens (tertiary/aromatic N) is 2. The number of halogens is 1. The summed E-state index contributed by atoms with van der Waals surface area (Å²) in [5.74, 6) is -0.516. The Morgan fingerprint density at radius 3 is 2.37 bits per heavy atom. The van der Waals surface area contributed by atoms with Crippen LogP contribution in [0.15, 0.2) is 48.5 Å². The van der Waals surface area contributed by atoms with Gasteiger partial charge in [-0.1, -0.05) is 36.7 Å². The number of benzene rings is 2. The third kappa shape index (κ3) is 5.07. The molecule has 2 fully saturated rings. The van der Waals surface area contributed by atoms with E-state index in [1.807, 2.05) is 39.0 Å². The lowest BCUT2D eigenvalue weighted by atomic mass is 9.95. The molecule has 0 aromatic heterocycles. The second-order valence-electron chi connectivity index (χ2n) is 9.38. The number of rotatable bonds is 5. The van der Waals surface area contributed by atoms with Crippen molar-refractivity contribution in [3.8, 4) is 0 Å². The molecule has 2 unspecified atom stereocenters. The van der Waals surface area contributed by atoms with Gasteiger partial charge in [0.25, 0.3) is 11.8 Å². The van der Waals surface area contributed by atoms with E-state index in [0.29, 0.717) is 42.1 Å². The second-order valence-corrected chi connectivity index (χ2v) is 9.82. The van der Waals surface area contributed by atoms with Crippen LogP contribution in [0.2, 0.25) is 5.02 Å². The van der Waals surface area contributed by atoms with Crippen LogP contribution in [0, 0.1) is 6.92 Å². The normalized spacial score (nSPS) is 20.1. The lowest BCUT2D eigenvalue weighted by Crippen LogP contribution is -2.60. The van der Waals surface area contributed by atoms with Crippen molar-refractivity contribution in [1.29, 1.82) is 0 Å². The van der Waals surface area contributed by atoms with E-state index in [0.717, 1.165) is 12.0 Å². The first-order valence-corrected chi connectivity index (χ1v) is 12.5. The van der Waals surface area contributed by atoms with Crippen molar-refractivity contribution in [2.75, 3.05) is 19.7 Å². The average Bonchev–Trinajstić information content (AvgIpc) is 3.23. The SMILES string of the molecule is CCC(C)NC(=O)C1COC2(CCN(C(=O)c3ccc(Cl)cc3)CC2)N1C(=O)c1ccccc1C. The first-order valence-electron chi connectivity index (χ1n) is 12.1. The van der Waals surface area contributed by atoms with Crippen LogP contribution in [0.1, 0.15) is 59.4 Å². The molecule has 1 spiro atoms. The van der Waals surface area contributed by atoms with Crippen molar-refractivity contribution in [2.45, 2.75) is 57.8 Å². The fourth-order valence-corrected chi connectivity index (χ4v) is 4.91. The molecule has 3 amide bonds. The predicted octanol–water partition coefficient (Wildman–Crippen LogP) is 4.04. The Balaban J connectivity index is 1.58. The summed E-state index contributed by atoms with van der Waals surface area (Å²) in [6, 6.07) is 13.5. The van der Waals surface area contributed by atoms with E-state index in [2.05, 4.69) is 5.32 Å². The van der Waals surface area contributed by atoms with Crippen LogP contribution in [-0.2, 0) is 9.53 Å². The van der Waals surface area contributed by atoms with Crippen LogP contribution >= 0.6 is 11.6 Å². The van der Waals surface area contributed by atoms with E-state index < -0.39 is 11.8 Å².